The maximum Gasteiger partial charge on any atom is 0.236 e. The van der Waals surface area contributed by atoms with Gasteiger partial charge in [0.25, 0.3) is 0 Å². The van der Waals surface area contributed by atoms with Gasteiger partial charge in [-0.3, -0.25) is 14.4 Å². The summed E-state index contributed by atoms with van der Waals surface area (Å²) in [6.07, 6.45) is 1.84. The highest BCUT2D eigenvalue weighted by Gasteiger charge is 2.32. The number of piperazine rings is 1. The van der Waals surface area contributed by atoms with Crippen molar-refractivity contribution >= 4 is 30.0 Å². The summed E-state index contributed by atoms with van der Waals surface area (Å²) in [7, 11) is 0. The van der Waals surface area contributed by atoms with Gasteiger partial charge in [0.2, 0.25) is 11.8 Å². The molecule has 2 aliphatic rings. The molecule has 3 rings (SSSR count). The maximum atomic E-state index is 13.3. The molecular formula is C20H27ClFN3O3. The number of rotatable bonds is 5. The Balaban J connectivity index is 0.00000280. The third-order valence-electron chi connectivity index (χ3n) is 5.35. The molecule has 6 nitrogen and oxygen atoms in total. The van der Waals surface area contributed by atoms with Gasteiger partial charge in [-0.1, -0.05) is 19.1 Å². The smallest absolute Gasteiger partial charge is 0.236 e. The number of likely N-dealkylation sites (tertiary alicyclic amines) is 1. The van der Waals surface area contributed by atoms with E-state index in [1.807, 2.05) is 4.90 Å². The van der Waals surface area contributed by atoms with Crippen molar-refractivity contribution in [3.05, 3.63) is 35.6 Å². The summed E-state index contributed by atoms with van der Waals surface area (Å²) in [5.41, 5.74) is 0.290. The summed E-state index contributed by atoms with van der Waals surface area (Å²) in [4.78, 5) is 40.9. The van der Waals surface area contributed by atoms with Gasteiger partial charge < -0.3 is 15.1 Å². The number of piperidine rings is 1. The van der Waals surface area contributed by atoms with Crippen LogP contribution in [0.1, 0.15) is 36.5 Å². The molecule has 1 N–H and O–H groups in total. The van der Waals surface area contributed by atoms with E-state index in [0.717, 1.165) is 19.4 Å². The zero-order valence-electron chi connectivity index (χ0n) is 16.0. The van der Waals surface area contributed by atoms with Gasteiger partial charge in [0.05, 0.1) is 6.54 Å². The van der Waals surface area contributed by atoms with Gasteiger partial charge in [-0.25, -0.2) is 4.39 Å². The average Bonchev–Trinajstić information content (AvgIpc) is 2.67. The number of carbonyl (C=O) groups excluding carboxylic acids is 3. The normalized spacial score (nSPS) is 21.1. The van der Waals surface area contributed by atoms with E-state index < -0.39 is 11.7 Å². The van der Waals surface area contributed by atoms with Crippen LogP contribution in [0.25, 0.3) is 0 Å². The van der Waals surface area contributed by atoms with Crippen molar-refractivity contribution in [1.29, 1.82) is 0 Å². The molecule has 2 amide bonds. The molecule has 0 radical (unpaired) electrons. The summed E-state index contributed by atoms with van der Waals surface area (Å²) in [6.45, 7) is 4.66. The van der Waals surface area contributed by atoms with Crippen LogP contribution < -0.4 is 5.32 Å². The third-order valence-corrected chi connectivity index (χ3v) is 5.35. The van der Waals surface area contributed by atoms with Gasteiger partial charge in [0.15, 0.2) is 5.78 Å². The lowest BCUT2D eigenvalue weighted by atomic mass is 9.95. The standard InChI is InChI=1S/C20H26FN3O3.ClH/c1-14(20(27)15-4-2-5-16(21)11-15)10-18(25)23-8-3-6-17(13-23)24-9-7-22-12-19(24)26;/h2,4-5,11,14,17,22H,3,6-10,12-13H2,1H3;1H. The first-order chi connectivity index (χ1) is 13.0. The molecule has 8 heteroatoms. The molecule has 2 atom stereocenters. The highest BCUT2D eigenvalue weighted by molar-refractivity contribution is 5.99. The fourth-order valence-electron chi connectivity index (χ4n) is 3.85. The average molecular weight is 412 g/mol. The van der Waals surface area contributed by atoms with E-state index in [1.165, 1.54) is 18.2 Å². The number of amides is 2. The summed E-state index contributed by atoms with van der Waals surface area (Å²) >= 11 is 0. The summed E-state index contributed by atoms with van der Waals surface area (Å²) < 4.78 is 13.3. The quantitative estimate of drug-likeness (QED) is 0.751. The molecule has 1 aromatic carbocycles. The number of nitrogens with zero attached hydrogens (tertiary/aromatic N) is 2. The fraction of sp³-hybridized carbons (Fsp3) is 0.550. The van der Waals surface area contributed by atoms with E-state index in [2.05, 4.69) is 5.32 Å². The lowest BCUT2D eigenvalue weighted by molar-refractivity contribution is -0.140. The van der Waals surface area contributed by atoms with Crippen molar-refractivity contribution in [3.8, 4) is 0 Å². The predicted octanol–water partition coefficient (Wildman–Crippen LogP) is 1.88. The fourth-order valence-corrected chi connectivity index (χ4v) is 3.85. The molecule has 2 unspecified atom stereocenters. The highest BCUT2D eigenvalue weighted by atomic mass is 35.5. The second-order valence-electron chi connectivity index (χ2n) is 7.38. The minimum atomic E-state index is -0.513. The predicted molar refractivity (Wildman–Crippen MR) is 106 cm³/mol. The minimum Gasteiger partial charge on any atom is -0.341 e. The number of nitrogens with one attached hydrogen (secondary N) is 1. The van der Waals surface area contributed by atoms with Crippen LogP contribution in [0.5, 0.6) is 0 Å². The van der Waals surface area contributed by atoms with E-state index in [4.69, 9.17) is 0 Å². The SMILES string of the molecule is CC(CC(=O)N1CCCC(N2CCNCC2=O)C1)C(=O)c1cccc(F)c1.Cl. The number of hydrogen-bond donors (Lipinski definition) is 1. The van der Waals surface area contributed by atoms with Gasteiger partial charge in [-0.2, -0.15) is 0 Å². The molecule has 1 aromatic rings. The Kier molecular flexibility index (Phi) is 7.95. The highest BCUT2D eigenvalue weighted by Crippen LogP contribution is 2.20. The molecule has 0 aliphatic carbocycles. The van der Waals surface area contributed by atoms with Crippen molar-refractivity contribution in [2.45, 2.75) is 32.2 Å². The number of benzene rings is 1. The van der Waals surface area contributed by atoms with E-state index >= 15 is 0 Å². The van der Waals surface area contributed by atoms with Crippen molar-refractivity contribution in [1.82, 2.24) is 15.1 Å². The van der Waals surface area contributed by atoms with Gasteiger partial charge in [-0.05, 0) is 25.0 Å². The van der Waals surface area contributed by atoms with E-state index in [9.17, 15) is 18.8 Å². The van der Waals surface area contributed by atoms with Crippen LogP contribution in [0, 0.1) is 11.7 Å². The van der Waals surface area contributed by atoms with Gasteiger partial charge in [0, 0.05) is 50.1 Å². The van der Waals surface area contributed by atoms with Crippen molar-refractivity contribution in [3.63, 3.8) is 0 Å². The number of hydrogen-bond acceptors (Lipinski definition) is 4. The number of Topliss-reactive ketones (excluding diaryl/α,β-unsaturated/α-hetero) is 1. The summed E-state index contributed by atoms with van der Waals surface area (Å²) in [6, 6.07) is 5.61. The van der Waals surface area contributed by atoms with Crippen LogP contribution in [0.2, 0.25) is 0 Å². The molecule has 2 saturated heterocycles. The lowest BCUT2D eigenvalue weighted by Crippen LogP contribution is -2.57. The van der Waals surface area contributed by atoms with Crippen LogP contribution in [0.3, 0.4) is 0 Å². The van der Waals surface area contributed by atoms with E-state index in [1.54, 1.807) is 17.9 Å². The maximum absolute atomic E-state index is 13.3. The van der Waals surface area contributed by atoms with Crippen LogP contribution in [0.15, 0.2) is 24.3 Å². The zero-order chi connectivity index (χ0) is 19.4. The number of ketones is 1. The lowest BCUT2D eigenvalue weighted by Gasteiger charge is -2.41. The Morgan fingerprint density at radius 1 is 1.32 bits per heavy atom. The number of carbonyl (C=O) groups is 3. The molecule has 0 spiro atoms. The van der Waals surface area contributed by atoms with Crippen LogP contribution in [0.4, 0.5) is 4.39 Å². The van der Waals surface area contributed by atoms with Crippen molar-refractivity contribution in [2.24, 2.45) is 5.92 Å². The number of halogens is 2. The molecule has 2 heterocycles. The Bertz CT molecular complexity index is 730. The van der Waals surface area contributed by atoms with Crippen LogP contribution >= 0.6 is 12.4 Å². The molecule has 154 valence electrons. The Morgan fingerprint density at radius 2 is 2.11 bits per heavy atom. The zero-order valence-corrected chi connectivity index (χ0v) is 16.8. The minimum absolute atomic E-state index is 0. The van der Waals surface area contributed by atoms with E-state index in [0.29, 0.717) is 31.7 Å². The molecular weight excluding hydrogens is 385 g/mol. The summed E-state index contributed by atoms with van der Waals surface area (Å²) in [5, 5.41) is 3.06. The van der Waals surface area contributed by atoms with Gasteiger partial charge in [-0.15, -0.1) is 12.4 Å². The third kappa shape index (κ3) is 5.29. The molecule has 2 aliphatic heterocycles. The first-order valence-electron chi connectivity index (χ1n) is 9.53. The first kappa shape index (κ1) is 22.3. The van der Waals surface area contributed by atoms with Crippen molar-refractivity contribution < 1.29 is 18.8 Å². The van der Waals surface area contributed by atoms with Gasteiger partial charge >= 0.3 is 0 Å². The largest absolute Gasteiger partial charge is 0.341 e. The van der Waals surface area contributed by atoms with Crippen molar-refractivity contribution in [2.75, 3.05) is 32.7 Å². The Hall–Kier alpha value is -1.99. The molecule has 0 aromatic heterocycles. The van der Waals surface area contributed by atoms with E-state index in [-0.39, 0.29) is 42.5 Å². The summed E-state index contributed by atoms with van der Waals surface area (Å²) in [5.74, 6) is -1.21. The topological polar surface area (TPSA) is 69.7 Å². The second kappa shape index (κ2) is 9.98. The Morgan fingerprint density at radius 3 is 2.82 bits per heavy atom. The van der Waals surface area contributed by atoms with Gasteiger partial charge in [0.1, 0.15) is 5.82 Å². The van der Waals surface area contributed by atoms with Crippen LogP contribution in [-0.4, -0.2) is 66.2 Å². The molecule has 0 bridgehead atoms. The molecule has 2 fully saturated rings. The Labute approximate surface area is 170 Å². The van der Waals surface area contributed by atoms with Crippen LogP contribution in [-0.2, 0) is 9.59 Å². The second-order valence-corrected chi connectivity index (χ2v) is 7.38. The first-order valence-corrected chi connectivity index (χ1v) is 9.53. The monoisotopic (exact) mass is 411 g/mol. The molecule has 0 saturated carbocycles. The molecule has 28 heavy (non-hydrogen) atoms.